The molecule has 2 aromatic carbocycles. The summed E-state index contributed by atoms with van der Waals surface area (Å²) in [5.74, 6) is -7.32. The summed E-state index contributed by atoms with van der Waals surface area (Å²) in [4.78, 5) is 121. The molecule has 6 N–H and O–H groups in total. The fraction of sp³-hybridized carbons (Fsp3) is 0.525. The number of cyclic esters (lactones) is 1. The van der Waals surface area contributed by atoms with E-state index in [1.807, 2.05) is 6.92 Å². The minimum Gasteiger partial charge on any atom is -0.461 e. The Kier molecular flexibility index (Phi) is 14.3. The van der Waals surface area contributed by atoms with Gasteiger partial charge < -0.3 is 50.5 Å². The van der Waals surface area contributed by atoms with Crippen LogP contribution in [-0.2, 0) is 49.0 Å². The Morgan fingerprint density at radius 2 is 1.58 bits per heavy atom. The quantitative estimate of drug-likeness (QED) is 0.162. The van der Waals surface area contributed by atoms with Crippen molar-refractivity contribution in [3.63, 3.8) is 0 Å². The summed E-state index contributed by atoms with van der Waals surface area (Å²) in [6, 6.07) is -0.229. The van der Waals surface area contributed by atoms with Crippen LogP contribution in [0.15, 0.2) is 42.5 Å². The van der Waals surface area contributed by atoms with Crippen LogP contribution in [0, 0.1) is 24.5 Å². The Bertz CT molecular complexity index is 2110. The highest BCUT2D eigenvalue weighted by molar-refractivity contribution is 7.46. The van der Waals surface area contributed by atoms with Gasteiger partial charge in [0.1, 0.15) is 54.5 Å². The van der Waals surface area contributed by atoms with E-state index in [1.165, 1.54) is 16.7 Å². The number of urea groups is 1. The van der Waals surface area contributed by atoms with Crippen molar-refractivity contribution in [3.8, 4) is 0 Å². The molecule has 19 nitrogen and oxygen atoms in total. The molecule has 4 saturated heterocycles. The van der Waals surface area contributed by atoms with Crippen molar-refractivity contribution in [2.24, 2.45) is 5.92 Å². The second kappa shape index (κ2) is 19.3. The van der Waals surface area contributed by atoms with E-state index in [4.69, 9.17) is 9.26 Å². The van der Waals surface area contributed by atoms with E-state index in [0.29, 0.717) is 24.6 Å². The Hall–Kier alpha value is -5.50. The number of aryl methyl sites for hydroxylation is 1. The topological polar surface area (TPSA) is 253 Å². The molecule has 1 unspecified atom stereocenters. The average Bonchev–Trinajstić information content (AvgIpc) is 3.80. The predicted octanol–water partition coefficient (Wildman–Crippen LogP) is 1.25. The van der Waals surface area contributed by atoms with Gasteiger partial charge in [-0.15, -0.1) is 0 Å². The second-order valence-electron chi connectivity index (χ2n) is 16.3. The van der Waals surface area contributed by atoms with Crippen molar-refractivity contribution in [1.29, 1.82) is 0 Å². The Morgan fingerprint density at radius 3 is 2.26 bits per heavy atom. The maximum Gasteiger partial charge on any atom is 0.469 e. The van der Waals surface area contributed by atoms with Crippen LogP contribution in [0.1, 0.15) is 57.1 Å². The molecule has 2 aromatic rings. The van der Waals surface area contributed by atoms with Gasteiger partial charge in [0.05, 0.1) is 6.10 Å². The van der Waals surface area contributed by atoms with Gasteiger partial charge in [-0.25, -0.2) is 22.9 Å². The normalized spacial score (nSPS) is 26.8. The fourth-order valence-corrected chi connectivity index (χ4v) is 8.92. The number of benzene rings is 2. The number of esters is 1. The average molecular weight is 890 g/mol. The van der Waals surface area contributed by atoms with Crippen LogP contribution in [0.5, 0.6) is 0 Å². The van der Waals surface area contributed by atoms with Crippen LogP contribution < -0.4 is 21.3 Å². The van der Waals surface area contributed by atoms with Gasteiger partial charge in [0.2, 0.25) is 29.5 Å². The number of halogens is 2. The highest BCUT2D eigenvalue weighted by atomic mass is 31.2. The van der Waals surface area contributed by atoms with Crippen LogP contribution in [0.2, 0.25) is 0 Å². The number of phosphoric acid groups is 1. The number of carbonyl (C=O) groups excluding carboxylic acids is 7. The Labute approximate surface area is 355 Å². The predicted molar refractivity (Wildman–Crippen MR) is 213 cm³/mol. The first-order valence-corrected chi connectivity index (χ1v) is 21.8. The summed E-state index contributed by atoms with van der Waals surface area (Å²) < 4.78 is 51.3. The minimum absolute atomic E-state index is 0.0595. The number of rotatable bonds is 8. The molecule has 22 heteroatoms. The molecule has 62 heavy (non-hydrogen) atoms. The lowest BCUT2D eigenvalue weighted by Crippen LogP contribution is -2.62. The zero-order valence-electron chi connectivity index (χ0n) is 34.3. The number of hydrogen-bond donors (Lipinski definition) is 6. The number of carbonyl (C=O) groups is 7. The molecule has 4 heterocycles. The molecule has 0 bridgehead atoms. The SMILES string of the molecule is Cc1ccc(NC(=O)N[C@@H](Cc2cc(F)cc(F)c2)C(=O)N[C@H]2COC(=O)C3C[C@@H](C)CN3C(=O)[C@H](C)NC(=O)[C@@H]3CCCCN3C(=O)[C@@H]3C[C@@H](OP(=O)(O)O)CN3C2=O)cc1. The number of amides is 7. The summed E-state index contributed by atoms with van der Waals surface area (Å²) in [5.41, 5.74) is 1.16. The molecule has 0 aliphatic carbocycles. The summed E-state index contributed by atoms with van der Waals surface area (Å²) in [6.07, 6.45) is -1.02. The van der Waals surface area contributed by atoms with Crippen molar-refractivity contribution in [3.05, 3.63) is 65.2 Å². The monoisotopic (exact) mass is 889 g/mol. The minimum atomic E-state index is -5.19. The molecule has 4 aliphatic rings. The van der Waals surface area contributed by atoms with E-state index in [1.54, 1.807) is 31.2 Å². The first-order chi connectivity index (χ1) is 29.3. The van der Waals surface area contributed by atoms with Gasteiger partial charge in [0.15, 0.2) is 0 Å². The van der Waals surface area contributed by atoms with Crippen molar-refractivity contribution >= 4 is 55.0 Å². The highest BCUT2D eigenvalue weighted by Gasteiger charge is 2.49. The molecule has 0 spiro atoms. The zero-order valence-corrected chi connectivity index (χ0v) is 35.1. The van der Waals surface area contributed by atoms with Crippen molar-refractivity contribution in [2.45, 2.75) is 102 Å². The molecule has 8 atom stereocenters. The number of ether oxygens (including phenoxy) is 1. The molecule has 0 aromatic heterocycles. The number of nitrogens with zero attached hydrogens (tertiary/aromatic N) is 3. The van der Waals surface area contributed by atoms with Crippen molar-refractivity contribution < 1.29 is 66.0 Å². The lowest BCUT2D eigenvalue weighted by molar-refractivity contribution is -0.158. The van der Waals surface area contributed by atoms with Crippen molar-refractivity contribution in [2.75, 3.05) is 31.6 Å². The fourth-order valence-electron chi connectivity index (χ4n) is 8.38. The zero-order chi connectivity index (χ0) is 45.0. The van der Waals surface area contributed by atoms with E-state index in [-0.39, 0.29) is 37.4 Å². The molecule has 4 aliphatic heterocycles. The summed E-state index contributed by atoms with van der Waals surface area (Å²) in [6.45, 7) is 3.77. The Morgan fingerprint density at radius 1 is 0.903 bits per heavy atom. The largest absolute Gasteiger partial charge is 0.469 e. The first-order valence-electron chi connectivity index (χ1n) is 20.3. The third-order valence-corrected chi connectivity index (χ3v) is 11.9. The Balaban J connectivity index is 1.37. The number of piperidine rings is 1. The molecule has 7 amide bonds. The maximum atomic E-state index is 14.7. The van der Waals surface area contributed by atoms with Crippen molar-refractivity contribution in [1.82, 2.24) is 30.7 Å². The summed E-state index contributed by atoms with van der Waals surface area (Å²) >= 11 is 0. The van der Waals surface area contributed by atoms with Gasteiger partial charge in [-0.2, -0.15) is 0 Å². The van der Waals surface area contributed by atoms with E-state index in [9.17, 15) is 56.7 Å². The number of nitrogens with one attached hydrogen (secondary N) is 4. The summed E-state index contributed by atoms with van der Waals surface area (Å²) in [7, 11) is -5.19. The van der Waals surface area contributed by atoms with Gasteiger partial charge in [-0.05, 0) is 75.3 Å². The maximum absolute atomic E-state index is 14.7. The number of anilines is 1. The third kappa shape index (κ3) is 11.3. The molecular weight excluding hydrogens is 839 g/mol. The van der Waals surface area contributed by atoms with Crippen LogP contribution in [0.3, 0.4) is 0 Å². The molecule has 0 radical (unpaired) electrons. The van der Waals surface area contributed by atoms with Gasteiger partial charge >= 0.3 is 19.8 Å². The lowest BCUT2D eigenvalue weighted by atomic mass is 9.99. The molecule has 4 fully saturated rings. The van der Waals surface area contributed by atoms with Gasteiger partial charge in [0.25, 0.3) is 0 Å². The third-order valence-electron chi connectivity index (χ3n) is 11.3. The van der Waals surface area contributed by atoms with E-state index in [2.05, 4.69) is 21.3 Å². The van der Waals surface area contributed by atoms with Gasteiger partial charge in [-0.3, -0.25) is 28.5 Å². The molecule has 6 rings (SSSR count). The highest BCUT2D eigenvalue weighted by Crippen LogP contribution is 2.41. The van der Waals surface area contributed by atoms with Crippen LogP contribution in [0.25, 0.3) is 0 Å². The molecule has 0 saturated carbocycles. The standard InChI is InChI=1S/C40H50F2N7O12P/c1-21-7-9-27(10-8-21)44-40(56)46-29(15-24-13-25(41)16-26(42)14-24)34(50)45-30-20-60-39(55)33-12-22(2)18-48(33)36(52)23(3)43-35(51)31-6-4-5-11-47(31)38(54)32-17-28(61-62(57,58)59)19-49(32)37(30)53/h7-10,13-14,16,22-23,28-33H,4-6,11-12,15,17-20H2,1-3H3,(H,43,51)(H,45,50)(H2,44,46,56)(H2,57,58,59)/t22-,23+,28-,29+,30+,31+,32+,33?/m1/s1. The van der Waals surface area contributed by atoms with E-state index >= 15 is 0 Å². The number of fused-ring (bicyclic) bond motifs is 3. The number of hydrogen-bond acceptors (Lipinski definition) is 10. The lowest BCUT2D eigenvalue weighted by Gasteiger charge is -2.39. The van der Waals surface area contributed by atoms with Crippen LogP contribution in [-0.4, -0.2) is 135 Å². The van der Waals surface area contributed by atoms with Crippen LogP contribution >= 0.6 is 7.82 Å². The van der Waals surface area contributed by atoms with Crippen LogP contribution in [0.4, 0.5) is 19.3 Å². The molecule has 336 valence electrons. The molecular formula is C40H50F2N7O12P. The first kappa shape index (κ1) is 46.0. The van der Waals surface area contributed by atoms with E-state index < -0.39 is 129 Å². The number of phosphoric ester groups is 1. The van der Waals surface area contributed by atoms with Gasteiger partial charge in [-0.1, -0.05) is 24.6 Å². The summed E-state index contributed by atoms with van der Waals surface area (Å²) in [5, 5.41) is 10.1. The second-order valence-corrected chi connectivity index (χ2v) is 17.5. The smallest absolute Gasteiger partial charge is 0.461 e. The van der Waals surface area contributed by atoms with Gasteiger partial charge in [0, 0.05) is 44.2 Å². The van der Waals surface area contributed by atoms with E-state index in [0.717, 1.165) is 22.6 Å².